The number of hydrogen-bond donors (Lipinski definition) is 0. The highest BCUT2D eigenvalue weighted by Crippen LogP contribution is 2.50. The molecule has 2 unspecified atom stereocenters. The van der Waals surface area contributed by atoms with E-state index in [1.807, 2.05) is 0 Å². The van der Waals surface area contributed by atoms with Crippen molar-refractivity contribution >= 4 is 5.97 Å². The van der Waals surface area contributed by atoms with E-state index in [-0.39, 0.29) is 12.2 Å². The molecule has 1 aliphatic rings. The van der Waals surface area contributed by atoms with E-state index in [9.17, 15) is 35.5 Å². The predicted octanol–water partition coefficient (Wildman–Crippen LogP) is 4.70. The summed E-state index contributed by atoms with van der Waals surface area (Å²) in [6.45, 7) is 2.29. The molecule has 1 heterocycles. The van der Waals surface area contributed by atoms with Crippen molar-refractivity contribution in [1.82, 2.24) is 9.78 Å². The van der Waals surface area contributed by atoms with Crippen LogP contribution in [0.25, 0.3) is 0 Å². The van der Waals surface area contributed by atoms with Crippen molar-refractivity contribution in [1.29, 1.82) is 0 Å². The van der Waals surface area contributed by atoms with Crippen LogP contribution in [0.3, 0.4) is 0 Å². The van der Waals surface area contributed by atoms with Crippen molar-refractivity contribution in [3.05, 3.63) is 17.0 Å². The van der Waals surface area contributed by atoms with E-state index in [1.165, 1.54) is 6.92 Å². The topological polar surface area (TPSA) is 44.1 Å². The molecule has 1 fully saturated rings. The molecule has 0 amide bonds. The fourth-order valence-electron chi connectivity index (χ4n) is 3.45. The van der Waals surface area contributed by atoms with Gasteiger partial charge in [-0.05, 0) is 19.8 Å². The average Bonchev–Trinajstić information content (AvgIpc) is 2.95. The van der Waals surface area contributed by atoms with Gasteiger partial charge in [0, 0.05) is 31.9 Å². The molecule has 2 atom stereocenters. The first-order valence-corrected chi connectivity index (χ1v) is 8.24. The van der Waals surface area contributed by atoms with Gasteiger partial charge < -0.3 is 4.74 Å². The summed E-state index contributed by atoms with van der Waals surface area (Å²) in [5.41, 5.74) is -1.52. The zero-order chi connectivity index (χ0) is 20.8. The van der Waals surface area contributed by atoms with Crippen LogP contribution < -0.4 is 0 Å². The Balaban J connectivity index is 2.46. The molecular formula is C16H19F7N2O2. The zero-order valence-corrected chi connectivity index (χ0v) is 14.8. The number of esters is 1. The Bertz CT molecular complexity index is 707. The summed E-state index contributed by atoms with van der Waals surface area (Å²) in [5, 5.41) is 3.57. The van der Waals surface area contributed by atoms with Gasteiger partial charge in [0.2, 0.25) is 5.92 Å². The zero-order valence-electron chi connectivity index (χ0n) is 14.8. The Morgan fingerprint density at radius 1 is 1.26 bits per heavy atom. The van der Waals surface area contributed by atoms with E-state index in [1.54, 1.807) is 0 Å². The summed E-state index contributed by atoms with van der Waals surface area (Å²) in [6.07, 6.45) is -7.34. The highest BCUT2D eigenvalue weighted by molar-refractivity contribution is 5.89. The molecule has 0 saturated heterocycles. The Morgan fingerprint density at radius 2 is 1.85 bits per heavy atom. The third-order valence-electron chi connectivity index (χ3n) is 4.55. The van der Waals surface area contributed by atoms with Gasteiger partial charge in [0.15, 0.2) is 0 Å². The quantitative estimate of drug-likeness (QED) is 0.528. The molecule has 27 heavy (non-hydrogen) atoms. The third kappa shape index (κ3) is 4.55. The molecule has 0 aromatic carbocycles. The minimum Gasteiger partial charge on any atom is -0.461 e. The Labute approximate surface area is 150 Å². The summed E-state index contributed by atoms with van der Waals surface area (Å²) >= 11 is 0. The van der Waals surface area contributed by atoms with Crippen molar-refractivity contribution < 1.29 is 40.3 Å². The predicted molar refractivity (Wildman–Crippen MR) is 79.7 cm³/mol. The molecule has 0 spiro atoms. The monoisotopic (exact) mass is 404 g/mol. The highest BCUT2D eigenvalue weighted by Gasteiger charge is 2.57. The maximum atomic E-state index is 13.7. The van der Waals surface area contributed by atoms with Gasteiger partial charge in [0.05, 0.1) is 12.5 Å². The van der Waals surface area contributed by atoms with Crippen LogP contribution in [0, 0.1) is 18.8 Å². The first-order valence-electron chi connectivity index (χ1n) is 8.24. The number of alkyl halides is 7. The first kappa shape index (κ1) is 21.5. The molecule has 1 aliphatic carbocycles. The number of halogens is 7. The number of rotatable bonds is 5. The van der Waals surface area contributed by atoms with Crippen LogP contribution in [-0.4, -0.2) is 34.5 Å². The van der Waals surface area contributed by atoms with Crippen molar-refractivity contribution in [2.75, 3.05) is 6.61 Å². The van der Waals surface area contributed by atoms with Crippen molar-refractivity contribution in [3.63, 3.8) is 0 Å². The maximum absolute atomic E-state index is 13.7. The molecule has 1 aromatic heterocycles. The van der Waals surface area contributed by atoms with Crippen molar-refractivity contribution in [2.45, 2.75) is 58.2 Å². The van der Waals surface area contributed by atoms with E-state index in [4.69, 9.17) is 4.74 Å². The average molecular weight is 404 g/mol. The summed E-state index contributed by atoms with van der Waals surface area (Å²) in [6, 6.07) is 0. The number of carbonyl (C=O) groups is 1. The molecule has 0 N–H and O–H groups in total. The molecule has 0 radical (unpaired) electrons. The lowest BCUT2D eigenvalue weighted by Crippen LogP contribution is -2.30. The molecule has 1 aromatic rings. The summed E-state index contributed by atoms with van der Waals surface area (Å²) in [7, 11) is 0. The highest BCUT2D eigenvalue weighted by atomic mass is 19.4. The normalized spacial score (nSPS) is 22.9. The molecule has 154 valence electrons. The molecule has 4 nitrogen and oxygen atoms in total. The van der Waals surface area contributed by atoms with Crippen LogP contribution in [0.2, 0.25) is 0 Å². The van der Waals surface area contributed by atoms with Crippen LogP contribution >= 0.6 is 0 Å². The number of carbonyl (C=O) groups excluding carboxylic acids is 1. The van der Waals surface area contributed by atoms with E-state index in [0.29, 0.717) is 11.6 Å². The molecule has 2 rings (SSSR count). The van der Waals surface area contributed by atoms with Crippen molar-refractivity contribution in [2.24, 2.45) is 11.8 Å². The van der Waals surface area contributed by atoms with Gasteiger partial charge in [-0.25, -0.2) is 13.6 Å². The molecule has 0 bridgehead atoms. The molecule has 1 saturated carbocycles. The number of hydrogen-bond acceptors (Lipinski definition) is 3. The minimum atomic E-state index is -4.88. The molecular weight excluding hydrogens is 385 g/mol. The second kappa shape index (κ2) is 6.97. The maximum Gasteiger partial charge on any atom is 0.392 e. The SMILES string of the molecule is CCOC(=O)c1c(C)c(C(C)(F)F)nn1CC1CC(F)(F)CC1C(F)(F)F. The van der Waals surface area contributed by atoms with E-state index >= 15 is 0 Å². The standard InChI is InChI=1S/C16H19F7N2O2/c1-4-27-13(26)11-8(2)12(14(3,17)18)24-25(11)7-9-5-15(19,20)6-10(9)16(21,22)23/h9-10H,4-7H2,1-3H3. The summed E-state index contributed by atoms with van der Waals surface area (Å²) < 4.78 is 99.5. The third-order valence-corrected chi connectivity index (χ3v) is 4.55. The van der Waals surface area contributed by atoms with Gasteiger partial charge in [-0.1, -0.05) is 0 Å². The lowest BCUT2D eigenvalue weighted by molar-refractivity contribution is -0.188. The van der Waals surface area contributed by atoms with Gasteiger partial charge in [-0.3, -0.25) is 4.68 Å². The number of aromatic nitrogens is 2. The van der Waals surface area contributed by atoms with Crippen LogP contribution in [0.4, 0.5) is 30.7 Å². The lowest BCUT2D eigenvalue weighted by atomic mass is 9.95. The number of ether oxygens (including phenoxy) is 1. The van der Waals surface area contributed by atoms with Crippen LogP contribution in [0.15, 0.2) is 0 Å². The Morgan fingerprint density at radius 3 is 2.33 bits per heavy atom. The molecule has 0 aliphatic heterocycles. The van der Waals surface area contributed by atoms with Gasteiger partial charge in [-0.2, -0.15) is 27.1 Å². The fourth-order valence-corrected chi connectivity index (χ4v) is 3.45. The van der Waals surface area contributed by atoms with Crippen LogP contribution in [0.5, 0.6) is 0 Å². The largest absolute Gasteiger partial charge is 0.461 e. The van der Waals surface area contributed by atoms with E-state index in [2.05, 4.69) is 5.10 Å². The molecule has 11 heteroatoms. The number of nitrogens with zero attached hydrogens (tertiary/aromatic N) is 2. The van der Waals surface area contributed by atoms with Crippen molar-refractivity contribution in [3.8, 4) is 0 Å². The minimum absolute atomic E-state index is 0.103. The smallest absolute Gasteiger partial charge is 0.392 e. The van der Waals surface area contributed by atoms with E-state index in [0.717, 1.165) is 6.92 Å². The lowest BCUT2D eigenvalue weighted by Gasteiger charge is -2.22. The van der Waals surface area contributed by atoms with Crippen LogP contribution in [0.1, 0.15) is 48.4 Å². The Hall–Kier alpha value is -1.81. The summed E-state index contributed by atoms with van der Waals surface area (Å²) in [4.78, 5) is 12.1. The Kier molecular flexibility index (Phi) is 5.55. The van der Waals surface area contributed by atoms with Gasteiger partial charge in [0.25, 0.3) is 5.92 Å². The first-order chi connectivity index (χ1) is 12.2. The summed E-state index contributed by atoms with van der Waals surface area (Å²) in [5.74, 6) is -12.0. The fraction of sp³-hybridized carbons (Fsp3) is 0.750. The van der Waals surface area contributed by atoms with Gasteiger partial charge in [-0.15, -0.1) is 0 Å². The van der Waals surface area contributed by atoms with E-state index < -0.39 is 66.6 Å². The van der Waals surface area contributed by atoms with Gasteiger partial charge in [0.1, 0.15) is 11.4 Å². The second-order valence-electron chi connectivity index (χ2n) is 6.79. The van der Waals surface area contributed by atoms with Crippen LogP contribution in [-0.2, 0) is 17.2 Å². The van der Waals surface area contributed by atoms with Gasteiger partial charge >= 0.3 is 12.1 Å². The second-order valence-corrected chi connectivity index (χ2v) is 6.79.